The number of rotatable bonds is 5. The van der Waals surface area contributed by atoms with Crippen LogP contribution >= 0.6 is 0 Å². The number of carbonyl (C=O) groups is 1. The molecule has 1 unspecified atom stereocenters. The molecule has 1 atom stereocenters. The number of H-pyrrole nitrogens is 1. The van der Waals surface area contributed by atoms with E-state index >= 15 is 0 Å². The third-order valence-electron chi connectivity index (χ3n) is 5.16. The summed E-state index contributed by atoms with van der Waals surface area (Å²) in [4.78, 5) is 14.8. The van der Waals surface area contributed by atoms with Crippen LogP contribution in [0.1, 0.15) is 34.3 Å². The molecule has 0 bridgehead atoms. The highest BCUT2D eigenvalue weighted by atomic mass is 16.3. The van der Waals surface area contributed by atoms with Gasteiger partial charge in [0.05, 0.1) is 0 Å². The van der Waals surface area contributed by atoms with Crippen molar-refractivity contribution >= 4 is 5.91 Å². The van der Waals surface area contributed by atoms with Gasteiger partial charge in [-0.1, -0.05) is 24.3 Å². The predicted octanol–water partition coefficient (Wildman–Crippen LogP) is 3.15. The van der Waals surface area contributed by atoms with Crippen molar-refractivity contribution < 1.29 is 9.21 Å². The standard InChI is InChI=1S/C21H24N4O2/c1-14(25-10-9-16-5-3-4-6-17(16)13-25)12-22-21(26)19-11-18(23-24-19)20-8-7-15(2)27-20/h3-8,11,14H,9-10,12-13H2,1-2H3,(H,22,26)(H,23,24). The summed E-state index contributed by atoms with van der Waals surface area (Å²) in [6.07, 6.45) is 1.06. The van der Waals surface area contributed by atoms with Gasteiger partial charge in [0, 0.05) is 31.7 Å². The van der Waals surface area contributed by atoms with Gasteiger partial charge in [0.1, 0.15) is 11.5 Å². The van der Waals surface area contributed by atoms with Crippen molar-refractivity contribution in [1.82, 2.24) is 20.4 Å². The molecule has 0 spiro atoms. The quantitative estimate of drug-likeness (QED) is 0.729. The summed E-state index contributed by atoms with van der Waals surface area (Å²) in [5, 5.41) is 9.97. The van der Waals surface area contributed by atoms with Crippen LogP contribution in [-0.2, 0) is 13.0 Å². The number of benzene rings is 1. The number of carbonyl (C=O) groups excluding carboxylic acids is 1. The van der Waals surface area contributed by atoms with Crippen LogP contribution in [0.3, 0.4) is 0 Å². The van der Waals surface area contributed by atoms with Crippen molar-refractivity contribution in [2.24, 2.45) is 0 Å². The van der Waals surface area contributed by atoms with E-state index < -0.39 is 0 Å². The molecule has 3 heterocycles. The number of amides is 1. The monoisotopic (exact) mass is 364 g/mol. The Morgan fingerprint density at radius 3 is 2.89 bits per heavy atom. The Morgan fingerprint density at radius 2 is 2.11 bits per heavy atom. The van der Waals surface area contributed by atoms with Gasteiger partial charge in [-0.25, -0.2) is 0 Å². The molecule has 1 aliphatic rings. The van der Waals surface area contributed by atoms with Gasteiger partial charge in [-0.2, -0.15) is 5.10 Å². The van der Waals surface area contributed by atoms with Gasteiger partial charge in [0.2, 0.25) is 0 Å². The molecule has 0 fully saturated rings. The Kier molecular flexibility index (Phi) is 4.81. The van der Waals surface area contributed by atoms with Gasteiger partial charge in [0.25, 0.3) is 5.91 Å². The molecule has 2 aromatic heterocycles. The summed E-state index contributed by atoms with van der Waals surface area (Å²) in [6, 6.07) is 14.3. The van der Waals surface area contributed by atoms with Crippen LogP contribution in [0.2, 0.25) is 0 Å². The van der Waals surface area contributed by atoms with E-state index in [2.05, 4.69) is 51.6 Å². The number of nitrogens with zero attached hydrogens (tertiary/aromatic N) is 2. The molecule has 0 saturated heterocycles. The second-order valence-electron chi connectivity index (χ2n) is 7.13. The summed E-state index contributed by atoms with van der Waals surface area (Å²) < 4.78 is 5.56. The molecular formula is C21H24N4O2. The highest BCUT2D eigenvalue weighted by Gasteiger charge is 2.21. The molecule has 3 aromatic rings. The first-order valence-electron chi connectivity index (χ1n) is 9.31. The fourth-order valence-electron chi connectivity index (χ4n) is 3.50. The minimum absolute atomic E-state index is 0.176. The zero-order valence-corrected chi connectivity index (χ0v) is 15.7. The first-order valence-corrected chi connectivity index (χ1v) is 9.31. The maximum absolute atomic E-state index is 12.4. The lowest BCUT2D eigenvalue weighted by Crippen LogP contribution is -2.44. The van der Waals surface area contributed by atoms with E-state index in [1.165, 1.54) is 11.1 Å². The molecule has 0 saturated carbocycles. The predicted molar refractivity (Wildman–Crippen MR) is 103 cm³/mol. The molecule has 2 N–H and O–H groups in total. The molecular weight excluding hydrogens is 340 g/mol. The Balaban J connectivity index is 1.33. The largest absolute Gasteiger partial charge is 0.460 e. The molecule has 27 heavy (non-hydrogen) atoms. The van der Waals surface area contributed by atoms with E-state index in [4.69, 9.17) is 4.42 Å². The van der Waals surface area contributed by atoms with E-state index in [9.17, 15) is 4.79 Å². The number of hydrogen-bond acceptors (Lipinski definition) is 4. The lowest BCUT2D eigenvalue weighted by atomic mass is 9.99. The van der Waals surface area contributed by atoms with Crippen LogP contribution < -0.4 is 5.32 Å². The van der Waals surface area contributed by atoms with Gasteiger partial charge in [-0.3, -0.25) is 14.8 Å². The van der Waals surface area contributed by atoms with Crippen LogP contribution in [0.5, 0.6) is 0 Å². The van der Waals surface area contributed by atoms with Crippen molar-refractivity contribution in [3.8, 4) is 11.5 Å². The number of aromatic nitrogens is 2. The lowest BCUT2D eigenvalue weighted by molar-refractivity contribution is 0.0927. The van der Waals surface area contributed by atoms with Gasteiger partial charge < -0.3 is 9.73 Å². The van der Waals surface area contributed by atoms with E-state index in [-0.39, 0.29) is 11.9 Å². The molecule has 1 amide bonds. The third kappa shape index (κ3) is 3.80. The Labute approximate surface area is 158 Å². The maximum Gasteiger partial charge on any atom is 0.271 e. The van der Waals surface area contributed by atoms with Crippen molar-refractivity contribution in [2.75, 3.05) is 13.1 Å². The number of aromatic amines is 1. The highest BCUT2D eigenvalue weighted by Crippen LogP contribution is 2.21. The zero-order valence-electron chi connectivity index (χ0n) is 15.7. The summed E-state index contributed by atoms with van der Waals surface area (Å²) in [6.45, 7) is 6.56. The molecule has 140 valence electrons. The second-order valence-corrected chi connectivity index (χ2v) is 7.13. The first kappa shape index (κ1) is 17.5. The summed E-state index contributed by atoms with van der Waals surface area (Å²) in [5.41, 5.74) is 3.89. The molecule has 6 nitrogen and oxygen atoms in total. The van der Waals surface area contributed by atoms with Gasteiger partial charge in [-0.05, 0) is 43.5 Å². The topological polar surface area (TPSA) is 74.2 Å². The average molecular weight is 364 g/mol. The molecule has 0 radical (unpaired) electrons. The Bertz CT molecular complexity index is 943. The van der Waals surface area contributed by atoms with Crippen molar-refractivity contribution in [2.45, 2.75) is 32.9 Å². The number of fused-ring (bicyclic) bond motifs is 1. The zero-order chi connectivity index (χ0) is 18.8. The fraction of sp³-hybridized carbons (Fsp3) is 0.333. The number of nitrogens with one attached hydrogen (secondary N) is 2. The van der Waals surface area contributed by atoms with Crippen LogP contribution in [0.25, 0.3) is 11.5 Å². The highest BCUT2D eigenvalue weighted by molar-refractivity contribution is 5.93. The lowest BCUT2D eigenvalue weighted by Gasteiger charge is -2.33. The first-order chi connectivity index (χ1) is 13.1. The number of furan rings is 1. The molecule has 6 heteroatoms. The SMILES string of the molecule is Cc1ccc(-c2cc(C(=O)NCC(C)N3CCc4ccccc4C3)n[nH]2)o1. The van der Waals surface area contributed by atoms with Crippen LogP contribution in [-0.4, -0.2) is 40.1 Å². The van der Waals surface area contributed by atoms with E-state index in [0.717, 1.165) is 25.3 Å². The van der Waals surface area contributed by atoms with Gasteiger partial charge in [-0.15, -0.1) is 0 Å². The summed E-state index contributed by atoms with van der Waals surface area (Å²) in [5.74, 6) is 1.33. The van der Waals surface area contributed by atoms with Crippen molar-refractivity contribution in [1.29, 1.82) is 0 Å². The summed E-state index contributed by atoms with van der Waals surface area (Å²) in [7, 11) is 0. The minimum Gasteiger partial charge on any atom is -0.460 e. The van der Waals surface area contributed by atoms with Crippen molar-refractivity contribution in [3.63, 3.8) is 0 Å². The van der Waals surface area contributed by atoms with Crippen LogP contribution in [0.15, 0.2) is 46.9 Å². The second kappa shape index (κ2) is 7.40. The fourth-order valence-corrected chi connectivity index (χ4v) is 3.50. The number of hydrogen-bond donors (Lipinski definition) is 2. The van der Waals surface area contributed by atoms with Gasteiger partial charge >= 0.3 is 0 Å². The Morgan fingerprint density at radius 1 is 1.30 bits per heavy atom. The summed E-state index contributed by atoms with van der Waals surface area (Å²) >= 11 is 0. The molecule has 4 rings (SSSR count). The average Bonchev–Trinajstić information content (AvgIpc) is 3.34. The third-order valence-corrected chi connectivity index (χ3v) is 5.16. The minimum atomic E-state index is -0.176. The smallest absolute Gasteiger partial charge is 0.271 e. The maximum atomic E-state index is 12.4. The normalized spacial score (nSPS) is 15.3. The van der Waals surface area contributed by atoms with Gasteiger partial charge in [0.15, 0.2) is 11.5 Å². The van der Waals surface area contributed by atoms with Crippen LogP contribution in [0.4, 0.5) is 0 Å². The van der Waals surface area contributed by atoms with E-state index in [1.54, 1.807) is 6.07 Å². The number of aryl methyl sites for hydroxylation is 1. The van der Waals surface area contributed by atoms with Crippen molar-refractivity contribution in [3.05, 3.63) is 65.0 Å². The Hall–Kier alpha value is -2.86. The molecule has 1 aliphatic heterocycles. The van der Waals surface area contributed by atoms with E-state index in [1.807, 2.05) is 19.1 Å². The molecule has 1 aromatic carbocycles. The molecule has 0 aliphatic carbocycles. The van der Waals surface area contributed by atoms with Crippen LogP contribution in [0, 0.1) is 6.92 Å². The van der Waals surface area contributed by atoms with E-state index in [0.29, 0.717) is 23.7 Å².